The van der Waals surface area contributed by atoms with E-state index < -0.39 is 0 Å². The molecular formula is C16H16Cl2N4O4. The van der Waals surface area contributed by atoms with E-state index in [1.54, 1.807) is 7.05 Å². The largest absolute Gasteiger partial charge is 0.471 e. The van der Waals surface area contributed by atoms with Gasteiger partial charge in [0.2, 0.25) is 0 Å². The van der Waals surface area contributed by atoms with Gasteiger partial charge in [-0.1, -0.05) is 52.6 Å². The van der Waals surface area contributed by atoms with Crippen molar-refractivity contribution >= 4 is 34.8 Å². The monoisotopic (exact) mass is 398 g/mol. The normalized spacial score (nSPS) is 14.3. The number of hydrogen-bond acceptors (Lipinski definition) is 7. The SMILES string of the molecule is CO/N=C(\C1=NOCCO1)c1ccccc1COc1nn(C)c(Cl)c1Cl. The van der Waals surface area contributed by atoms with Crippen LogP contribution in [0, 0.1) is 0 Å². The quantitative estimate of drug-likeness (QED) is 0.551. The Bertz CT molecular complexity index is 851. The van der Waals surface area contributed by atoms with Crippen molar-refractivity contribution in [2.24, 2.45) is 17.4 Å². The molecule has 0 spiro atoms. The molecule has 0 atom stereocenters. The molecule has 0 amide bonds. The van der Waals surface area contributed by atoms with Crippen LogP contribution in [-0.4, -0.2) is 41.7 Å². The van der Waals surface area contributed by atoms with E-state index >= 15 is 0 Å². The van der Waals surface area contributed by atoms with Crippen molar-refractivity contribution in [2.45, 2.75) is 6.61 Å². The van der Waals surface area contributed by atoms with Crippen LogP contribution in [0.25, 0.3) is 0 Å². The van der Waals surface area contributed by atoms with Gasteiger partial charge in [-0.3, -0.25) is 4.68 Å². The Balaban J connectivity index is 1.88. The summed E-state index contributed by atoms with van der Waals surface area (Å²) in [5.74, 6) is 0.484. The van der Waals surface area contributed by atoms with Crippen molar-refractivity contribution in [3.8, 4) is 5.88 Å². The summed E-state index contributed by atoms with van der Waals surface area (Å²) in [6.45, 7) is 0.940. The topological polar surface area (TPSA) is 79.5 Å². The molecule has 0 N–H and O–H groups in total. The first-order valence-corrected chi connectivity index (χ1v) is 8.40. The molecule has 138 valence electrons. The molecule has 1 aliphatic heterocycles. The zero-order valence-electron chi connectivity index (χ0n) is 14.1. The van der Waals surface area contributed by atoms with E-state index in [1.807, 2.05) is 24.3 Å². The van der Waals surface area contributed by atoms with E-state index in [-0.39, 0.29) is 23.4 Å². The Morgan fingerprint density at radius 3 is 2.77 bits per heavy atom. The van der Waals surface area contributed by atoms with E-state index in [0.29, 0.717) is 24.1 Å². The average molecular weight is 399 g/mol. The second-order valence-corrected chi connectivity index (χ2v) is 5.92. The van der Waals surface area contributed by atoms with Crippen molar-refractivity contribution in [2.75, 3.05) is 20.3 Å². The van der Waals surface area contributed by atoms with Crippen molar-refractivity contribution in [3.05, 3.63) is 45.6 Å². The Hall–Kier alpha value is -2.45. The van der Waals surface area contributed by atoms with Crippen LogP contribution in [0.2, 0.25) is 10.2 Å². The molecule has 1 aromatic heterocycles. The highest BCUT2D eigenvalue weighted by Crippen LogP contribution is 2.31. The summed E-state index contributed by atoms with van der Waals surface area (Å²) >= 11 is 12.1. The Kier molecular flexibility index (Phi) is 5.85. The van der Waals surface area contributed by atoms with Crippen molar-refractivity contribution < 1.29 is 19.1 Å². The lowest BCUT2D eigenvalue weighted by atomic mass is 10.0. The Morgan fingerprint density at radius 1 is 1.31 bits per heavy atom. The fraction of sp³-hybridized carbons (Fsp3) is 0.312. The van der Waals surface area contributed by atoms with Crippen molar-refractivity contribution in [3.63, 3.8) is 0 Å². The lowest BCUT2D eigenvalue weighted by molar-refractivity contribution is 0.0672. The minimum Gasteiger partial charge on any atom is -0.471 e. The first kappa shape index (κ1) is 18.3. The second-order valence-electron chi connectivity index (χ2n) is 5.18. The number of halogens is 2. The molecule has 1 aliphatic rings. The maximum atomic E-state index is 6.11. The molecule has 0 saturated carbocycles. The number of nitrogens with zero attached hydrogens (tertiary/aromatic N) is 4. The third-order valence-corrected chi connectivity index (χ3v) is 4.35. The third kappa shape index (κ3) is 3.86. The molecule has 2 heterocycles. The van der Waals surface area contributed by atoms with E-state index in [0.717, 1.165) is 11.1 Å². The minimum absolute atomic E-state index is 0.181. The molecule has 3 rings (SSSR count). The Labute approximate surface area is 159 Å². The summed E-state index contributed by atoms with van der Waals surface area (Å²) < 4.78 is 12.7. The predicted molar refractivity (Wildman–Crippen MR) is 96.9 cm³/mol. The minimum atomic E-state index is 0.181. The molecular weight excluding hydrogens is 383 g/mol. The summed E-state index contributed by atoms with van der Waals surface area (Å²) in [6.07, 6.45) is 0. The standard InChI is InChI=1S/C16H16Cl2N4O4/c1-22-14(18)12(17)15(19-22)25-9-10-5-3-4-6-11(10)13(20-23-2)16-21-26-8-7-24-16/h3-6H,7-9H2,1-2H3/b20-13-. The van der Waals surface area contributed by atoms with Gasteiger partial charge in [0.05, 0.1) is 0 Å². The van der Waals surface area contributed by atoms with Gasteiger partial charge in [0.1, 0.15) is 30.5 Å². The van der Waals surface area contributed by atoms with E-state index in [1.165, 1.54) is 11.8 Å². The zero-order chi connectivity index (χ0) is 18.5. The molecule has 10 heteroatoms. The van der Waals surface area contributed by atoms with Gasteiger partial charge in [-0.05, 0) is 10.7 Å². The van der Waals surface area contributed by atoms with Crippen molar-refractivity contribution in [1.29, 1.82) is 0 Å². The van der Waals surface area contributed by atoms with Gasteiger partial charge in [-0.25, -0.2) is 0 Å². The third-order valence-electron chi connectivity index (χ3n) is 3.48. The molecule has 0 radical (unpaired) electrons. The summed E-state index contributed by atoms with van der Waals surface area (Å²) in [5, 5.41) is 12.6. The molecule has 0 unspecified atom stereocenters. The van der Waals surface area contributed by atoms with E-state index in [4.69, 9.17) is 42.4 Å². The lowest BCUT2D eigenvalue weighted by Crippen LogP contribution is -2.26. The number of rotatable bonds is 6. The van der Waals surface area contributed by atoms with Crippen LogP contribution in [0.5, 0.6) is 5.88 Å². The van der Waals surface area contributed by atoms with Crippen LogP contribution in [0.15, 0.2) is 34.6 Å². The summed E-state index contributed by atoms with van der Waals surface area (Å²) in [7, 11) is 3.12. The fourth-order valence-corrected chi connectivity index (χ4v) is 2.62. The molecule has 1 aromatic carbocycles. The Morgan fingerprint density at radius 2 is 2.12 bits per heavy atom. The number of aryl methyl sites for hydroxylation is 1. The average Bonchev–Trinajstić information content (AvgIpc) is 2.92. The summed E-state index contributed by atoms with van der Waals surface area (Å²) in [4.78, 5) is 10.0. The predicted octanol–water partition coefficient (Wildman–Crippen LogP) is 3.02. The van der Waals surface area contributed by atoms with Gasteiger partial charge in [0.15, 0.2) is 12.3 Å². The van der Waals surface area contributed by atoms with Crippen LogP contribution < -0.4 is 4.74 Å². The number of ether oxygens (including phenoxy) is 2. The lowest BCUT2D eigenvalue weighted by Gasteiger charge is -2.16. The molecule has 8 nitrogen and oxygen atoms in total. The highest BCUT2D eigenvalue weighted by molar-refractivity contribution is 6.45. The maximum absolute atomic E-state index is 6.11. The van der Waals surface area contributed by atoms with Gasteiger partial charge in [0, 0.05) is 12.6 Å². The molecule has 0 bridgehead atoms. The number of benzene rings is 1. The zero-order valence-corrected chi connectivity index (χ0v) is 15.6. The molecule has 0 saturated heterocycles. The summed E-state index contributed by atoms with van der Waals surface area (Å²) in [5.41, 5.74) is 1.92. The van der Waals surface area contributed by atoms with Crippen LogP contribution in [0.4, 0.5) is 0 Å². The van der Waals surface area contributed by atoms with Gasteiger partial charge >= 0.3 is 0 Å². The number of aromatic nitrogens is 2. The first-order valence-electron chi connectivity index (χ1n) is 7.65. The first-order chi connectivity index (χ1) is 12.6. The van der Waals surface area contributed by atoms with Crippen LogP contribution in [0.3, 0.4) is 0 Å². The van der Waals surface area contributed by atoms with Crippen LogP contribution in [0.1, 0.15) is 11.1 Å². The van der Waals surface area contributed by atoms with Crippen LogP contribution >= 0.6 is 23.2 Å². The van der Waals surface area contributed by atoms with Gasteiger partial charge in [0.25, 0.3) is 11.8 Å². The van der Waals surface area contributed by atoms with Crippen molar-refractivity contribution in [1.82, 2.24) is 9.78 Å². The highest BCUT2D eigenvalue weighted by atomic mass is 35.5. The van der Waals surface area contributed by atoms with Gasteiger partial charge in [-0.15, -0.1) is 5.10 Å². The highest BCUT2D eigenvalue weighted by Gasteiger charge is 2.22. The molecule has 0 fully saturated rings. The van der Waals surface area contributed by atoms with Gasteiger partial charge in [-0.2, -0.15) is 0 Å². The summed E-state index contributed by atoms with van der Waals surface area (Å²) in [6, 6.07) is 7.46. The maximum Gasteiger partial charge on any atom is 0.280 e. The van der Waals surface area contributed by atoms with E-state index in [2.05, 4.69) is 15.4 Å². The van der Waals surface area contributed by atoms with Gasteiger partial charge < -0.3 is 19.1 Å². The number of hydrogen-bond donors (Lipinski definition) is 0. The molecule has 2 aromatic rings. The molecule has 0 aliphatic carbocycles. The van der Waals surface area contributed by atoms with E-state index in [9.17, 15) is 0 Å². The van der Waals surface area contributed by atoms with Crippen LogP contribution in [-0.2, 0) is 28.1 Å². The fourth-order valence-electron chi connectivity index (χ4n) is 2.28. The molecule has 26 heavy (non-hydrogen) atoms. The number of oxime groups is 2. The second kappa shape index (κ2) is 8.29. The smallest absolute Gasteiger partial charge is 0.280 e.